The summed E-state index contributed by atoms with van der Waals surface area (Å²) >= 11 is 0. The molecule has 2 unspecified atom stereocenters. The van der Waals surface area contributed by atoms with Gasteiger partial charge in [0.15, 0.2) is 0 Å². The maximum absolute atomic E-state index is 13.6. The molecule has 0 saturated carbocycles. The Kier molecular flexibility index (Phi) is 11.8. The molecule has 0 bridgehead atoms. The largest absolute Gasteiger partial charge is 0.493 e. The van der Waals surface area contributed by atoms with Gasteiger partial charge in [-0.3, -0.25) is 9.59 Å². The lowest BCUT2D eigenvalue weighted by molar-refractivity contribution is -0.152. The van der Waals surface area contributed by atoms with E-state index in [2.05, 4.69) is 25.9 Å². The molecule has 4 N–H and O–H groups in total. The van der Waals surface area contributed by atoms with Gasteiger partial charge < -0.3 is 30.4 Å². The first-order valence-corrected chi connectivity index (χ1v) is 16.7. The van der Waals surface area contributed by atoms with Crippen LogP contribution in [-0.4, -0.2) is 47.2 Å². The van der Waals surface area contributed by atoms with E-state index in [9.17, 15) is 35.9 Å². The highest BCUT2D eigenvalue weighted by Crippen LogP contribution is 2.32. The molecule has 15 heteroatoms. The van der Waals surface area contributed by atoms with Crippen molar-refractivity contribution in [2.45, 2.75) is 52.0 Å². The lowest BCUT2D eigenvalue weighted by Crippen LogP contribution is -2.41. The Morgan fingerprint density at radius 3 is 1.79 bits per heavy atom. The SMILES string of the molecule is CCC(C)C(Nc1ccc(NC(=O)c2ccc(OCCCOc3ccc(C(=O)Nc4ccc5nc(C(F)(F)F)[nH]c5c4)cc3)cc2)cc1C)C(F)(F)F. The molecule has 2 amide bonds. The molecule has 0 aliphatic carbocycles. The van der Waals surface area contributed by atoms with Crippen molar-refractivity contribution < 1.29 is 45.4 Å². The molecule has 0 aliphatic heterocycles. The number of hydrogen-bond acceptors (Lipinski definition) is 6. The first kappa shape index (κ1) is 38.5. The molecular formula is C38H37F6N5O4. The number of anilines is 3. The molecule has 280 valence electrons. The van der Waals surface area contributed by atoms with Crippen LogP contribution in [-0.2, 0) is 6.18 Å². The number of amides is 2. The van der Waals surface area contributed by atoms with Crippen LogP contribution in [0.3, 0.4) is 0 Å². The fraction of sp³-hybridized carbons (Fsp3) is 0.289. The molecule has 2 atom stereocenters. The fourth-order valence-electron chi connectivity index (χ4n) is 5.33. The normalized spacial score (nSPS) is 12.9. The van der Waals surface area contributed by atoms with E-state index in [0.29, 0.717) is 71.3 Å². The molecule has 0 saturated heterocycles. The van der Waals surface area contributed by atoms with Gasteiger partial charge >= 0.3 is 12.4 Å². The van der Waals surface area contributed by atoms with Gasteiger partial charge in [0, 0.05) is 34.6 Å². The van der Waals surface area contributed by atoms with Crippen molar-refractivity contribution in [1.29, 1.82) is 0 Å². The van der Waals surface area contributed by atoms with E-state index in [1.807, 2.05) is 0 Å². The average molecular weight is 742 g/mol. The number of fused-ring (bicyclic) bond motifs is 1. The maximum Gasteiger partial charge on any atom is 0.449 e. The predicted molar refractivity (Wildman–Crippen MR) is 190 cm³/mol. The molecule has 0 fully saturated rings. The number of rotatable bonds is 14. The topological polar surface area (TPSA) is 117 Å². The number of hydrogen-bond donors (Lipinski definition) is 4. The highest BCUT2D eigenvalue weighted by molar-refractivity contribution is 6.05. The summed E-state index contributed by atoms with van der Waals surface area (Å²) in [5.41, 5.74) is 2.60. The highest BCUT2D eigenvalue weighted by Gasteiger charge is 2.42. The minimum atomic E-state index is -4.61. The van der Waals surface area contributed by atoms with Crippen LogP contribution in [0.5, 0.6) is 11.5 Å². The van der Waals surface area contributed by atoms with Crippen molar-refractivity contribution in [2.24, 2.45) is 5.92 Å². The Labute approximate surface area is 301 Å². The number of aromatic amines is 1. The summed E-state index contributed by atoms with van der Waals surface area (Å²) in [6, 6.07) is 20.1. The van der Waals surface area contributed by atoms with Crippen molar-refractivity contribution in [1.82, 2.24) is 9.97 Å². The van der Waals surface area contributed by atoms with Crippen LogP contribution in [0.25, 0.3) is 11.0 Å². The van der Waals surface area contributed by atoms with Gasteiger partial charge in [-0.15, -0.1) is 0 Å². The van der Waals surface area contributed by atoms with E-state index in [-0.39, 0.29) is 16.9 Å². The third-order valence-corrected chi connectivity index (χ3v) is 8.43. The molecule has 0 spiro atoms. The Bertz CT molecular complexity index is 2030. The van der Waals surface area contributed by atoms with Gasteiger partial charge in [0.25, 0.3) is 11.8 Å². The third kappa shape index (κ3) is 10.2. The number of aromatic nitrogens is 2. The second-order valence-corrected chi connectivity index (χ2v) is 12.4. The van der Waals surface area contributed by atoms with Crippen LogP contribution < -0.4 is 25.4 Å². The molecule has 1 aromatic heterocycles. The van der Waals surface area contributed by atoms with Gasteiger partial charge in [0.1, 0.15) is 17.5 Å². The fourth-order valence-corrected chi connectivity index (χ4v) is 5.33. The molecule has 5 aromatic rings. The molecule has 0 aliphatic rings. The van der Waals surface area contributed by atoms with Crippen LogP contribution in [0.2, 0.25) is 0 Å². The van der Waals surface area contributed by atoms with Crippen molar-refractivity contribution in [3.05, 3.63) is 107 Å². The first-order chi connectivity index (χ1) is 25.1. The lowest BCUT2D eigenvalue weighted by atomic mass is 9.98. The second kappa shape index (κ2) is 16.3. The summed E-state index contributed by atoms with van der Waals surface area (Å²) < 4.78 is 91.0. The number of nitrogens with one attached hydrogen (secondary N) is 4. The number of carbonyl (C=O) groups excluding carboxylic acids is 2. The second-order valence-electron chi connectivity index (χ2n) is 12.4. The molecular weight excluding hydrogens is 704 g/mol. The summed E-state index contributed by atoms with van der Waals surface area (Å²) in [4.78, 5) is 31.2. The van der Waals surface area contributed by atoms with Gasteiger partial charge in [-0.2, -0.15) is 26.3 Å². The van der Waals surface area contributed by atoms with Gasteiger partial charge in [0.05, 0.1) is 24.2 Å². The molecule has 5 rings (SSSR count). The molecule has 4 aromatic carbocycles. The number of imidazole rings is 1. The van der Waals surface area contributed by atoms with Crippen LogP contribution >= 0.6 is 0 Å². The summed E-state index contributed by atoms with van der Waals surface area (Å²) in [5.74, 6) is -1.52. The van der Waals surface area contributed by atoms with Crippen molar-refractivity contribution in [2.75, 3.05) is 29.2 Å². The zero-order chi connectivity index (χ0) is 38.3. The van der Waals surface area contributed by atoms with Crippen molar-refractivity contribution >= 4 is 39.9 Å². The number of nitrogens with zero attached hydrogens (tertiary/aromatic N) is 1. The molecule has 9 nitrogen and oxygen atoms in total. The Morgan fingerprint density at radius 2 is 1.30 bits per heavy atom. The number of H-pyrrole nitrogens is 1. The number of benzene rings is 4. The Balaban J connectivity index is 1.03. The average Bonchev–Trinajstić information content (AvgIpc) is 3.55. The van der Waals surface area contributed by atoms with E-state index in [1.54, 1.807) is 81.4 Å². The van der Waals surface area contributed by atoms with Crippen LogP contribution in [0.15, 0.2) is 84.9 Å². The van der Waals surface area contributed by atoms with E-state index in [4.69, 9.17) is 9.47 Å². The first-order valence-electron chi connectivity index (χ1n) is 16.7. The van der Waals surface area contributed by atoms with Crippen LogP contribution in [0.1, 0.15) is 58.8 Å². The number of carbonyl (C=O) groups is 2. The number of aryl methyl sites for hydroxylation is 1. The number of ether oxygens (including phenoxy) is 2. The van der Waals surface area contributed by atoms with Crippen molar-refractivity contribution in [3.8, 4) is 11.5 Å². The van der Waals surface area contributed by atoms with Gasteiger partial charge in [-0.1, -0.05) is 20.3 Å². The zero-order valence-corrected chi connectivity index (χ0v) is 28.9. The van der Waals surface area contributed by atoms with Gasteiger partial charge in [-0.25, -0.2) is 4.98 Å². The molecule has 1 heterocycles. The predicted octanol–water partition coefficient (Wildman–Crippen LogP) is 9.63. The highest BCUT2D eigenvalue weighted by atomic mass is 19.4. The van der Waals surface area contributed by atoms with E-state index < -0.39 is 36.0 Å². The monoisotopic (exact) mass is 741 g/mol. The zero-order valence-electron chi connectivity index (χ0n) is 28.9. The van der Waals surface area contributed by atoms with Gasteiger partial charge in [-0.05, 0) is 103 Å². The molecule has 0 radical (unpaired) electrons. The van der Waals surface area contributed by atoms with Crippen LogP contribution in [0.4, 0.5) is 43.4 Å². The summed E-state index contributed by atoms with van der Waals surface area (Å²) in [7, 11) is 0. The molecule has 53 heavy (non-hydrogen) atoms. The minimum absolute atomic E-state index is 0.125. The lowest BCUT2D eigenvalue weighted by Gasteiger charge is -2.28. The summed E-state index contributed by atoms with van der Waals surface area (Å²) in [6.45, 7) is 5.58. The van der Waals surface area contributed by atoms with E-state index in [1.165, 1.54) is 24.3 Å². The number of alkyl halides is 6. The quantitative estimate of drug-likeness (QED) is 0.0666. The minimum Gasteiger partial charge on any atom is -0.493 e. The van der Waals surface area contributed by atoms with E-state index >= 15 is 0 Å². The summed E-state index contributed by atoms with van der Waals surface area (Å²) in [6.07, 6.45) is -8.12. The Morgan fingerprint density at radius 1 is 0.774 bits per heavy atom. The van der Waals surface area contributed by atoms with Crippen LogP contribution in [0, 0.1) is 12.8 Å². The summed E-state index contributed by atoms with van der Waals surface area (Å²) in [5, 5.41) is 8.03. The third-order valence-electron chi connectivity index (χ3n) is 8.43. The van der Waals surface area contributed by atoms with Crippen molar-refractivity contribution in [3.63, 3.8) is 0 Å². The standard InChI is InChI=1S/C38H37F6N5O4/c1-4-22(2)33(37(39,40)41)47-30-16-10-26(20-23(30)3)45-34(50)24-6-12-28(13-7-24)52-18-5-19-53-29-14-8-25(9-15-29)35(51)46-27-11-17-31-32(21-27)49-36(48-31)38(42,43)44/h6-17,20-22,33,47H,4-5,18-19H2,1-3H3,(H,45,50)(H,46,51)(H,48,49). The Hall–Kier alpha value is -5.73. The maximum atomic E-state index is 13.6. The van der Waals surface area contributed by atoms with E-state index in [0.717, 1.165) is 0 Å². The number of halogens is 6. The van der Waals surface area contributed by atoms with Gasteiger partial charge in [0.2, 0.25) is 5.82 Å². The smallest absolute Gasteiger partial charge is 0.449 e.